The SMILES string of the molecule is CC(=O)O[C@H]1C[C@]2(O)[C@@H]3CC[C@H]4C[C@@H](O[C@@H]5O[C@@H](C)[C@H](O)[C@@H](O)[C@H]5O)CC[C@]4(C)[C@H]3CC[C@]2(C)[C@H]1C1=CC(=O)OC1. The van der Waals surface area contributed by atoms with Crippen molar-refractivity contribution in [2.45, 2.75) is 128 Å². The number of carbonyl (C=O) groups is 2. The first-order valence-corrected chi connectivity index (χ1v) is 15.4. The normalized spacial score (nSPS) is 53.0. The van der Waals surface area contributed by atoms with E-state index in [0.717, 1.165) is 50.5 Å². The second kappa shape index (κ2) is 10.3. The third kappa shape index (κ3) is 4.51. The highest BCUT2D eigenvalue weighted by Gasteiger charge is 2.71. The lowest BCUT2D eigenvalue weighted by Gasteiger charge is -2.63. The zero-order valence-electron chi connectivity index (χ0n) is 24.5. The largest absolute Gasteiger partial charge is 0.462 e. The summed E-state index contributed by atoms with van der Waals surface area (Å²) in [5.41, 5.74) is -0.777. The fraction of sp³-hybridized carbons (Fsp3) is 0.871. The van der Waals surface area contributed by atoms with Gasteiger partial charge < -0.3 is 39.4 Å². The summed E-state index contributed by atoms with van der Waals surface area (Å²) < 4.78 is 23.0. The number of aliphatic hydroxyl groups is 4. The van der Waals surface area contributed by atoms with Gasteiger partial charge in [-0.3, -0.25) is 4.79 Å². The number of rotatable bonds is 4. The Hall–Kier alpha value is -1.56. The summed E-state index contributed by atoms with van der Waals surface area (Å²) in [6.45, 7) is 7.70. The van der Waals surface area contributed by atoms with E-state index in [0.29, 0.717) is 18.3 Å². The number of hydrogen-bond donors (Lipinski definition) is 4. The number of aliphatic hydroxyl groups excluding tert-OH is 3. The maximum Gasteiger partial charge on any atom is 0.331 e. The summed E-state index contributed by atoms with van der Waals surface area (Å²) in [4.78, 5) is 24.1. The molecule has 4 saturated carbocycles. The molecule has 5 fully saturated rings. The van der Waals surface area contributed by atoms with E-state index in [1.165, 1.54) is 13.0 Å². The average molecular weight is 579 g/mol. The maximum absolute atomic E-state index is 12.7. The fourth-order valence-electron chi connectivity index (χ4n) is 10.2. The van der Waals surface area contributed by atoms with Crippen LogP contribution < -0.4 is 0 Å². The summed E-state index contributed by atoms with van der Waals surface area (Å²) in [6.07, 6.45) is 1.79. The highest BCUT2D eigenvalue weighted by Crippen LogP contribution is 2.70. The molecule has 0 radical (unpaired) electrons. The van der Waals surface area contributed by atoms with Crippen LogP contribution >= 0.6 is 0 Å². The smallest absolute Gasteiger partial charge is 0.331 e. The van der Waals surface area contributed by atoms with Gasteiger partial charge in [-0.15, -0.1) is 0 Å². The fourth-order valence-corrected chi connectivity index (χ4v) is 10.2. The van der Waals surface area contributed by atoms with E-state index >= 15 is 0 Å². The Kier molecular flexibility index (Phi) is 7.39. The molecule has 0 amide bonds. The molecule has 14 atom stereocenters. The van der Waals surface area contributed by atoms with Gasteiger partial charge in [-0.25, -0.2) is 4.79 Å². The molecular formula is C31H46O10. The minimum Gasteiger partial charge on any atom is -0.462 e. The zero-order valence-corrected chi connectivity index (χ0v) is 24.5. The quantitative estimate of drug-likeness (QED) is 0.288. The van der Waals surface area contributed by atoms with Crippen molar-refractivity contribution in [2.75, 3.05) is 6.61 Å². The standard InChI is InChI=1S/C31H46O10/c1-15-25(34)26(35)27(36)28(39-15)41-19-7-9-29(3)18(12-19)5-6-21-20(29)8-10-30(4)24(17-11-23(33)38-14-17)22(40-16(2)32)13-31(21,30)37/h11,15,18-22,24-28,34-37H,5-10,12-14H2,1-4H3/t15-,18-,19-,20-,21+,22-,24-,25-,26+,27+,28-,29-,30+,31-/m0/s1. The van der Waals surface area contributed by atoms with Gasteiger partial charge in [0.15, 0.2) is 6.29 Å². The summed E-state index contributed by atoms with van der Waals surface area (Å²) in [5.74, 6) is -0.326. The summed E-state index contributed by atoms with van der Waals surface area (Å²) in [6, 6.07) is 0. The Morgan fingerprint density at radius 3 is 2.46 bits per heavy atom. The molecule has 0 bridgehead atoms. The Labute approximate surface area is 241 Å². The maximum atomic E-state index is 12.7. The van der Waals surface area contributed by atoms with Gasteiger partial charge in [-0.2, -0.15) is 0 Å². The van der Waals surface area contributed by atoms with Crippen LogP contribution in [-0.2, 0) is 28.5 Å². The van der Waals surface area contributed by atoms with E-state index in [-0.39, 0.29) is 41.9 Å². The molecule has 1 saturated heterocycles. The van der Waals surface area contributed by atoms with Crippen molar-refractivity contribution in [1.82, 2.24) is 0 Å². The van der Waals surface area contributed by atoms with Gasteiger partial charge in [-0.1, -0.05) is 13.8 Å². The lowest BCUT2D eigenvalue weighted by atomic mass is 9.43. The van der Waals surface area contributed by atoms with Gasteiger partial charge in [0.1, 0.15) is 31.0 Å². The minimum atomic E-state index is -1.32. The first-order chi connectivity index (χ1) is 19.3. The predicted molar refractivity (Wildman–Crippen MR) is 144 cm³/mol. The summed E-state index contributed by atoms with van der Waals surface area (Å²) in [5, 5.41) is 43.4. The molecule has 0 aromatic heterocycles. The zero-order chi connectivity index (χ0) is 29.5. The van der Waals surface area contributed by atoms with Gasteiger partial charge >= 0.3 is 11.9 Å². The van der Waals surface area contributed by atoms with Gasteiger partial charge in [0.25, 0.3) is 0 Å². The van der Waals surface area contributed by atoms with Crippen molar-refractivity contribution in [3.05, 3.63) is 11.6 Å². The van der Waals surface area contributed by atoms with E-state index in [1.54, 1.807) is 6.92 Å². The van der Waals surface area contributed by atoms with E-state index in [2.05, 4.69) is 13.8 Å². The molecule has 230 valence electrons. The Morgan fingerprint density at radius 1 is 1.02 bits per heavy atom. The van der Waals surface area contributed by atoms with Crippen LogP contribution in [0.4, 0.5) is 0 Å². The van der Waals surface area contributed by atoms with Crippen LogP contribution in [0.1, 0.15) is 79.1 Å². The number of carbonyl (C=O) groups excluding carboxylic acids is 2. The number of hydrogen-bond acceptors (Lipinski definition) is 10. The van der Waals surface area contributed by atoms with Crippen molar-refractivity contribution >= 4 is 11.9 Å². The predicted octanol–water partition coefficient (Wildman–Crippen LogP) is 2.00. The third-order valence-corrected chi connectivity index (χ3v) is 12.3. The Balaban J connectivity index is 1.21. The molecule has 4 aliphatic carbocycles. The lowest BCUT2D eigenvalue weighted by Crippen LogP contribution is -2.62. The van der Waals surface area contributed by atoms with Crippen molar-refractivity contribution in [1.29, 1.82) is 0 Å². The van der Waals surface area contributed by atoms with Gasteiger partial charge in [0.2, 0.25) is 0 Å². The number of ether oxygens (including phenoxy) is 4. The average Bonchev–Trinajstić information content (AvgIpc) is 3.42. The van der Waals surface area contributed by atoms with Crippen LogP contribution in [0.15, 0.2) is 11.6 Å². The molecule has 0 aromatic carbocycles. The molecule has 2 heterocycles. The molecule has 0 unspecified atom stereocenters. The van der Waals surface area contributed by atoms with E-state index in [4.69, 9.17) is 18.9 Å². The summed E-state index contributed by atoms with van der Waals surface area (Å²) >= 11 is 0. The van der Waals surface area contributed by atoms with E-state index < -0.39 is 47.8 Å². The van der Waals surface area contributed by atoms with Crippen molar-refractivity contribution in [3.63, 3.8) is 0 Å². The molecule has 41 heavy (non-hydrogen) atoms. The molecule has 0 aromatic rings. The van der Waals surface area contributed by atoms with Crippen molar-refractivity contribution < 1.29 is 49.0 Å². The third-order valence-electron chi connectivity index (χ3n) is 12.3. The molecular weight excluding hydrogens is 532 g/mol. The highest BCUT2D eigenvalue weighted by atomic mass is 16.7. The van der Waals surface area contributed by atoms with E-state index in [9.17, 15) is 30.0 Å². The van der Waals surface area contributed by atoms with Crippen LogP contribution in [0, 0.1) is 34.5 Å². The second-order valence-corrected chi connectivity index (χ2v) is 14.2. The summed E-state index contributed by atoms with van der Waals surface area (Å²) in [7, 11) is 0. The van der Waals surface area contributed by atoms with Crippen LogP contribution in [0.5, 0.6) is 0 Å². The Morgan fingerprint density at radius 2 is 1.78 bits per heavy atom. The van der Waals surface area contributed by atoms with Gasteiger partial charge in [-0.05, 0) is 80.6 Å². The monoisotopic (exact) mass is 578 g/mol. The molecule has 6 aliphatic rings. The minimum absolute atomic E-state index is 0.00437. The molecule has 6 rings (SSSR count). The van der Waals surface area contributed by atoms with Gasteiger partial charge in [0, 0.05) is 30.8 Å². The molecule has 0 spiro atoms. The van der Waals surface area contributed by atoms with Crippen molar-refractivity contribution in [3.8, 4) is 0 Å². The lowest BCUT2D eigenvalue weighted by molar-refractivity contribution is -0.310. The number of cyclic esters (lactones) is 1. The van der Waals surface area contributed by atoms with Crippen LogP contribution in [0.3, 0.4) is 0 Å². The molecule has 10 nitrogen and oxygen atoms in total. The number of fused-ring (bicyclic) bond motifs is 5. The molecule has 4 N–H and O–H groups in total. The topological polar surface area (TPSA) is 152 Å². The highest BCUT2D eigenvalue weighted by molar-refractivity contribution is 5.85. The second-order valence-electron chi connectivity index (χ2n) is 14.2. The Bertz CT molecular complexity index is 1090. The first-order valence-electron chi connectivity index (χ1n) is 15.4. The number of esters is 2. The first kappa shape index (κ1) is 29.5. The molecule has 2 aliphatic heterocycles. The van der Waals surface area contributed by atoms with E-state index in [1.807, 2.05) is 0 Å². The van der Waals surface area contributed by atoms with Crippen molar-refractivity contribution in [2.24, 2.45) is 34.5 Å². The van der Waals surface area contributed by atoms with Crippen LogP contribution in [-0.4, -0.2) is 87.5 Å². The van der Waals surface area contributed by atoms with Crippen LogP contribution in [0.2, 0.25) is 0 Å². The van der Waals surface area contributed by atoms with Crippen LogP contribution in [0.25, 0.3) is 0 Å². The van der Waals surface area contributed by atoms with Gasteiger partial charge in [0.05, 0.1) is 17.8 Å². The molecule has 10 heteroatoms.